The predicted molar refractivity (Wildman–Crippen MR) is 57.9 cm³/mol. The van der Waals surface area contributed by atoms with Gasteiger partial charge in [-0.15, -0.1) is 0 Å². The van der Waals surface area contributed by atoms with Crippen LogP contribution in [0.4, 0.5) is 17.3 Å². The van der Waals surface area contributed by atoms with E-state index in [1.54, 1.807) is 10.9 Å². The normalized spacial score (nSPS) is 10.3. The first-order chi connectivity index (χ1) is 7.15. The van der Waals surface area contributed by atoms with Gasteiger partial charge in [0.2, 0.25) is 0 Å². The molecule has 0 bridgehead atoms. The van der Waals surface area contributed by atoms with Crippen LogP contribution >= 0.6 is 11.6 Å². The number of hydrogen-bond donors (Lipinski definition) is 2. The molecule has 0 aliphatic carbocycles. The summed E-state index contributed by atoms with van der Waals surface area (Å²) >= 11 is 5.64. The summed E-state index contributed by atoms with van der Waals surface area (Å²) in [6.45, 7) is 0. The van der Waals surface area contributed by atoms with Crippen molar-refractivity contribution in [1.29, 1.82) is 0 Å². The topological polar surface area (TPSA) is 81.7 Å². The van der Waals surface area contributed by atoms with Crippen LogP contribution in [0.1, 0.15) is 0 Å². The molecule has 7 heteroatoms. The minimum absolute atomic E-state index is 0.200. The molecule has 0 fully saturated rings. The lowest BCUT2D eigenvalue weighted by atomic mass is 10.5. The van der Waals surface area contributed by atoms with Gasteiger partial charge in [-0.05, 0) is 0 Å². The first kappa shape index (κ1) is 9.72. The van der Waals surface area contributed by atoms with E-state index in [0.29, 0.717) is 5.82 Å². The van der Waals surface area contributed by atoms with E-state index in [9.17, 15) is 0 Å². The molecule has 0 saturated heterocycles. The number of nitrogens with zero attached hydrogens (tertiary/aromatic N) is 4. The molecule has 2 aromatic heterocycles. The van der Waals surface area contributed by atoms with Crippen LogP contribution in [0.15, 0.2) is 18.6 Å². The van der Waals surface area contributed by atoms with Gasteiger partial charge >= 0.3 is 0 Å². The molecule has 0 spiro atoms. The van der Waals surface area contributed by atoms with Gasteiger partial charge in [-0.3, -0.25) is 4.68 Å². The third kappa shape index (κ3) is 2.16. The van der Waals surface area contributed by atoms with Crippen molar-refractivity contribution in [3.05, 3.63) is 23.7 Å². The fourth-order valence-corrected chi connectivity index (χ4v) is 1.17. The van der Waals surface area contributed by atoms with Gasteiger partial charge in [0.1, 0.15) is 0 Å². The minimum atomic E-state index is 0.200. The number of anilines is 3. The Bertz CT molecular complexity index is 480. The fourth-order valence-electron chi connectivity index (χ4n) is 1.08. The zero-order valence-corrected chi connectivity index (χ0v) is 8.73. The number of rotatable bonds is 2. The SMILES string of the molecule is Cn1cc(Nc2cnc(Cl)c(N)n2)cn1. The van der Waals surface area contributed by atoms with Crippen LogP contribution in [0.25, 0.3) is 0 Å². The molecule has 2 rings (SSSR count). The van der Waals surface area contributed by atoms with Crippen molar-refractivity contribution in [3.63, 3.8) is 0 Å². The van der Waals surface area contributed by atoms with Crippen LogP contribution in [-0.4, -0.2) is 19.7 Å². The molecule has 15 heavy (non-hydrogen) atoms. The van der Waals surface area contributed by atoms with Crippen molar-refractivity contribution in [3.8, 4) is 0 Å². The third-order valence-corrected chi connectivity index (χ3v) is 2.02. The molecule has 78 valence electrons. The van der Waals surface area contributed by atoms with Crippen LogP contribution in [0.2, 0.25) is 5.15 Å². The largest absolute Gasteiger partial charge is 0.381 e. The zero-order valence-electron chi connectivity index (χ0n) is 7.98. The van der Waals surface area contributed by atoms with E-state index < -0.39 is 0 Å². The van der Waals surface area contributed by atoms with E-state index in [-0.39, 0.29) is 11.0 Å². The van der Waals surface area contributed by atoms with Crippen LogP contribution < -0.4 is 11.1 Å². The quantitative estimate of drug-likeness (QED) is 0.801. The van der Waals surface area contributed by atoms with Crippen LogP contribution in [0.3, 0.4) is 0 Å². The van der Waals surface area contributed by atoms with Crippen molar-refractivity contribution >= 4 is 28.9 Å². The predicted octanol–water partition coefficient (Wildman–Crippen LogP) is 1.19. The summed E-state index contributed by atoms with van der Waals surface area (Å²) in [7, 11) is 1.83. The highest BCUT2D eigenvalue weighted by molar-refractivity contribution is 6.31. The highest BCUT2D eigenvalue weighted by atomic mass is 35.5. The van der Waals surface area contributed by atoms with Crippen molar-refractivity contribution in [2.45, 2.75) is 0 Å². The molecule has 3 N–H and O–H groups in total. The Labute approximate surface area is 91.1 Å². The fraction of sp³-hybridized carbons (Fsp3) is 0.125. The molecule has 0 aromatic carbocycles. The monoisotopic (exact) mass is 224 g/mol. The Morgan fingerprint density at radius 2 is 2.27 bits per heavy atom. The molecule has 2 heterocycles. The number of nitrogens with two attached hydrogens (primary N) is 1. The third-order valence-electron chi connectivity index (χ3n) is 1.73. The first-order valence-electron chi connectivity index (χ1n) is 4.19. The van der Waals surface area contributed by atoms with Gasteiger partial charge in [0.05, 0.1) is 18.1 Å². The standard InChI is InChI=1S/C8H9ClN6/c1-15-4-5(2-12-15)13-6-3-11-7(9)8(10)14-6/h2-4H,1H3,(H3,10,13,14). The second-order valence-corrected chi connectivity index (χ2v) is 3.32. The Kier molecular flexibility index (Phi) is 2.42. The van der Waals surface area contributed by atoms with E-state index in [1.165, 1.54) is 6.20 Å². The van der Waals surface area contributed by atoms with Gasteiger partial charge in [0, 0.05) is 13.2 Å². The lowest BCUT2D eigenvalue weighted by molar-refractivity contribution is 0.768. The van der Waals surface area contributed by atoms with Crippen molar-refractivity contribution in [2.24, 2.45) is 7.05 Å². The Morgan fingerprint density at radius 1 is 1.47 bits per heavy atom. The maximum absolute atomic E-state index is 5.64. The average Bonchev–Trinajstić information content (AvgIpc) is 2.58. The van der Waals surface area contributed by atoms with E-state index in [1.807, 2.05) is 13.2 Å². The zero-order chi connectivity index (χ0) is 10.8. The van der Waals surface area contributed by atoms with E-state index in [2.05, 4.69) is 20.4 Å². The highest BCUT2D eigenvalue weighted by Crippen LogP contribution is 2.17. The summed E-state index contributed by atoms with van der Waals surface area (Å²) in [4.78, 5) is 7.88. The molecule has 0 aliphatic rings. The number of nitrogen functional groups attached to an aromatic ring is 1. The van der Waals surface area contributed by atoms with Crippen molar-refractivity contribution in [1.82, 2.24) is 19.7 Å². The maximum Gasteiger partial charge on any atom is 0.171 e. The second kappa shape index (κ2) is 3.74. The van der Waals surface area contributed by atoms with Crippen LogP contribution in [-0.2, 0) is 7.05 Å². The minimum Gasteiger partial charge on any atom is -0.381 e. The molecular weight excluding hydrogens is 216 g/mol. The van der Waals surface area contributed by atoms with Gasteiger partial charge in [-0.25, -0.2) is 9.97 Å². The molecule has 0 atom stereocenters. The van der Waals surface area contributed by atoms with Gasteiger partial charge in [0.25, 0.3) is 0 Å². The van der Waals surface area contributed by atoms with Gasteiger partial charge in [0.15, 0.2) is 16.8 Å². The van der Waals surface area contributed by atoms with Crippen LogP contribution in [0.5, 0.6) is 0 Å². The molecule has 0 radical (unpaired) electrons. The van der Waals surface area contributed by atoms with E-state index >= 15 is 0 Å². The Hall–Kier alpha value is -1.82. The summed E-state index contributed by atoms with van der Waals surface area (Å²) < 4.78 is 1.68. The highest BCUT2D eigenvalue weighted by Gasteiger charge is 2.02. The molecule has 0 amide bonds. The smallest absolute Gasteiger partial charge is 0.171 e. The van der Waals surface area contributed by atoms with Gasteiger partial charge in [-0.1, -0.05) is 11.6 Å². The molecule has 0 unspecified atom stereocenters. The number of aromatic nitrogens is 4. The summed E-state index contributed by atoms with van der Waals surface area (Å²) in [6.07, 6.45) is 4.99. The summed E-state index contributed by atoms with van der Waals surface area (Å²) in [5.74, 6) is 0.732. The number of halogens is 1. The van der Waals surface area contributed by atoms with E-state index in [4.69, 9.17) is 17.3 Å². The molecule has 6 nitrogen and oxygen atoms in total. The van der Waals surface area contributed by atoms with Gasteiger partial charge in [-0.2, -0.15) is 5.10 Å². The molecule has 0 aliphatic heterocycles. The molecule has 2 aromatic rings. The van der Waals surface area contributed by atoms with Crippen molar-refractivity contribution < 1.29 is 0 Å². The number of hydrogen-bond acceptors (Lipinski definition) is 5. The van der Waals surface area contributed by atoms with Crippen LogP contribution in [0, 0.1) is 0 Å². The summed E-state index contributed by atoms with van der Waals surface area (Å²) in [6, 6.07) is 0. The molecular formula is C8H9ClN6. The Balaban J connectivity index is 2.21. The summed E-state index contributed by atoms with van der Waals surface area (Å²) in [5, 5.41) is 7.20. The summed E-state index contributed by atoms with van der Waals surface area (Å²) in [5.41, 5.74) is 6.33. The second-order valence-electron chi connectivity index (χ2n) is 2.96. The van der Waals surface area contributed by atoms with Crippen molar-refractivity contribution in [2.75, 3.05) is 11.1 Å². The maximum atomic E-state index is 5.64. The average molecular weight is 225 g/mol. The number of nitrogens with one attached hydrogen (secondary N) is 1. The molecule has 0 saturated carbocycles. The van der Waals surface area contributed by atoms with E-state index in [0.717, 1.165) is 5.69 Å². The Morgan fingerprint density at radius 3 is 2.87 bits per heavy atom. The van der Waals surface area contributed by atoms with Gasteiger partial charge < -0.3 is 11.1 Å². The lowest BCUT2D eigenvalue weighted by Gasteiger charge is -2.02. The number of aryl methyl sites for hydroxylation is 1. The first-order valence-corrected chi connectivity index (χ1v) is 4.56. The lowest BCUT2D eigenvalue weighted by Crippen LogP contribution is -1.99.